The number of rotatable bonds is 11. The normalized spacial score (nSPS) is 15.6. The lowest BCUT2D eigenvalue weighted by Gasteiger charge is -2.39. The van der Waals surface area contributed by atoms with Gasteiger partial charge in [0.05, 0.1) is 18.7 Å². The first kappa shape index (κ1) is 30.1. The molecule has 1 fully saturated rings. The average molecular weight is 568 g/mol. The van der Waals surface area contributed by atoms with Crippen molar-refractivity contribution in [3.05, 3.63) is 60.0 Å². The molecule has 1 aromatic carbocycles. The Labute approximate surface area is 225 Å². The summed E-state index contributed by atoms with van der Waals surface area (Å²) in [5.41, 5.74) is 1.60. The fourth-order valence-corrected chi connectivity index (χ4v) is 5.61. The number of aliphatic hydroxyl groups excluding tert-OH is 1. The van der Waals surface area contributed by atoms with Crippen LogP contribution in [0.3, 0.4) is 0 Å². The number of hydrogen-bond donors (Lipinski definition) is 4. The molecule has 1 aliphatic rings. The Morgan fingerprint density at radius 1 is 1.18 bits per heavy atom. The van der Waals surface area contributed by atoms with Crippen molar-refractivity contribution in [2.24, 2.45) is 0 Å². The lowest BCUT2D eigenvalue weighted by atomic mass is 9.81. The molecule has 0 atom stereocenters. The Balaban J connectivity index is 1.79. The molecule has 2 aromatic rings. The Bertz CT molecular complexity index is 1320. The van der Waals surface area contributed by atoms with Crippen LogP contribution in [0.2, 0.25) is 0 Å². The monoisotopic (exact) mass is 567 g/mol. The first-order valence-corrected chi connectivity index (χ1v) is 14.3. The molecule has 2 amide bonds. The van der Waals surface area contributed by atoms with E-state index in [9.17, 15) is 31.5 Å². The number of allylic oxidation sites excluding steroid dienone is 3. The summed E-state index contributed by atoms with van der Waals surface area (Å²) in [4.78, 5) is 21.5. The van der Waals surface area contributed by atoms with E-state index in [1.54, 1.807) is 43.3 Å². The maximum absolute atomic E-state index is 12.7. The van der Waals surface area contributed by atoms with Gasteiger partial charge in [0.25, 0.3) is 0 Å². The number of aromatic nitrogens is 2. The van der Waals surface area contributed by atoms with Gasteiger partial charge in [-0.3, -0.25) is 0 Å². The molecule has 212 valence electrons. The van der Waals surface area contributed by atoms with Gasteiger partial charge in [0.1, 0.15) is 10.6 Å². The smallest absolute Gasteiger partial charge is 0.392 e. The molecule has 0 bridgehead atoms. The molecule has 0 saturated heterocycles. The first-order chi connectivity index (χ1) is 18.4. The molecule has 0 spiro atoms. The molecule has 3 rings (SSSR count). The topological polar surface area (TPSA) is 133 Å². The van der Waals surface area contributed by atoms with E-state index < -0.39 is 33.2 Å². The Morgan fingerprint density at radius 2 is 1.87 bits per heavy atom. The Kier molecular flexibility index (Phi) is 9.73. The highest BCUT2D eigenvalue weighted by Crippen LogP contribution is 2.47. The average Bonchev–Trinajstić information content (AvgIpc) is 2.80. The van der Waals surface area contributed by atoms with Crippen molar-refractivity contribution in [3.63, 3.8) is 0 Å². The second kappa shape index (κ2) is 12.6. The third-order valence-corrected chi connectivity index (χ3v) is 8.25. The van der Waals surface area contributed by atoms with Crippen LogP contribution in [0.1, 0.15) is 44.7 Å². The molecule has 39 heavy (non-hydrogen) atoms. The van der Waals surface area contributed by atoms with Crippen molar-refractivity contribution in [3.8, 4) is 11.4 Å². The molecule has 1 aliphatic carbocycles. The number of nitrogens with one attached hydrogen (secondary N) is 3. The summed E-state index contributed by atoms with van der Waals surface area (Å²) in [5, 5.41) is 17.3. The van der Waals surface area contributed by atoms with E-state index in [4.69, 9.17) is 0 Å². The molecule has 1 saturated carbocycles. The Morgan fingerprint density at radius 3 is 2.41 bits per heavy atom. The van der Waals surface area contributed by atoms with Gasteiger partial charge in [-0.1, -0.05) is 19.1 Å². The van der Waals surface area contributed by atoms with E-state index in [0.29, 0.717) is 42.0 Å². The molecule has 1 aromatic heterocycles. The minimum Gasteiger partial charge on any atom is -0.395 e. The van der Waals surface area contributed by atoms with Crippen molar-refractivity contribution in [1.82, 2.24) is 15.3 Å². The van der Waals surface area contributed by atoms with Crippen LogP contribution in [0.5, 0.6) is 0 Å². The quantitative estimate of drug-likeness (QED) is 0.284. The van der Waals surface area contributed by atoms with Crippen LogP contribution in [0.25, 0.3) is 11.4 Å². The minimum absolute atomic E-state index is 0.137. The van der Waals surface area contributed by atoms with Gasteiger partial charge < -0.3 is 21.1 Å². The van der Waals surface area contributed by atoms with Crippen LogP contribution in [0.4, 0.5) is 29.5 Å². The molecule has 1 heterocycles. The van der Waals surface area contributed by atoms with Gasteiger partial charge in [0, 0.05) is 35.8 Å². The summed E-state index contributed by atoms with van der Waals surface area (Å²) in [5.74, 6) is 0.663. The van der Waals surface area contributed by atoms with Crippen LogP contribution in [-0.2, 0) is 14.6 Å². The molecule has 13 heteroatoms. The number of anilines is 2. The standard InChI is InChI=1S/C26H32F3N5O4S/c1-3-6-19(7-4-14-26(27,28)29)31-24(36)32-20-10-8-18(9-11-20)23-33-21(17-22(34-23)30-15-16-35)25(12-5-13-25)39(2,37)38/h4,6-11,17,35H,3,5,12-16H2,1-2H3,(H,30,33,34)(H2,31,32,36)/b7-4-,19-6+. The molecule has 4 N–H and O–H groups in total. The van der Waals surface area contributed by atoms with Gasteiger partial charge in [-0.05, 0) is 56.0 Å². The summed E-state index contributed by atoms with van der Waals surface area (Å²) in [6.45, 7) is 1.88. The maximum Gasteiger partial charge on any atom is 0.392 e. The second-order valence-corrected chi connectivity index (χ2v) is 11.5. The number of aliphatic hydroxyl groups is 1. The summed E-state index contributed by atoms with van der Waals surface area (Å²) in [6, 6.07) is 7.49. The number of alkyl halides is 3. The van der Waals surface area contributed by atoms with E-state index in [-0.39, 0.29) is 24.7 Å². The third-order valence-electron chi connectivity index (χ3n) is 6.21. The maximum atomic E-state index is 12.7. The zero-order valence-corrected chi connectivity index (χ0v) is 22.5. The molecule has 0 aliphatic heterocycles. The summed E-state index contributed by atoms with van der Waals surface area (Å²) in [6.07, 6.45) is 1.69. The van der Waals surface area contributed by atoms with E-state index in [1.165, 1.54) is 12.3 Å². The largest absolute Gasteiger partial charge is 0.395 e. The lowest BCUT2D eigenvalue weighted by molar-refractivity contribution is -0.125. The van der Waals surface area contributed by atoms with Gasteiger partial charge >= 0.3 is 12.2 Å². The van der Waals surface area contributed by atoms with Gasteiger partial charge in [0.2, 0.25) is 0 Å². The van der Waals surface area contributed by atoms with Gasteiger partial charge in [-0.15, -0.1) is 0 Å². The number of carbonyl (C=O) groups excluding carboxylic acids is 1. The zero-order valence-electron chi connectivity index (χ0n) is 21.7. The number of halogens is 3. The van der Waals surface area contributed by atoms with Crippen LogP contribution in [0.15, 0.2) is 54.3 Å². The van der Waals surface area contributed by atoms with Crippen LogP contribution >= 0.6 is 0 Å². The number of carbonyl (C=O) groups is 1. The number of nitrogens with zero attached hydrogens (tertiary/aromatic N) is 2. The number of urea groups is 1. The zero-order chi connectivity index (χ0) is 28.7. The summed E-state index contributed by atoms with van der Waals surface area (Å²) >= 11 is 0. The van der Waals surface area contributed by atoms with Crippen LogP contribution < -0.4 is 16.0 Å². The number of sulfone groups is 1. The SMILES string of the molecule is CC/C=C(\C=C/CC(F)(F)F)NC(=O)Nc1ccc(-c2nc(NCCO)cc(C3(S(C)(=O)=O)CCC3)n2)cc1. The van der Waals surface area contributed by atoms with Crippen molar-refractivity contribution in [2.45, 2.75) is 50.0 Å². The van der Waals surface area contributed by atoms with E-state index in [0.717, 1.165) is 12.5 Å². The number of amides is 2. The second-order valence-electron chi connectivity index (χ2n) is 9.18. The molecule has 9 nitrogen and oxygen atoms in total. The number of hydrogen-bond acceptors (Lipinski definition) is 7. The predicted octanol–water partition coefficient (Wildman–Crippen LogP) is 4.90. The molecule has 0 unspecified atom stereocenters. The van der Waals surface area contributed by atoms with Gasteiger partial charge in [-0.2, -0.15) is 13.2 Å². The van der Waals surface area contributed by atoms with E-state index in [1.807, 2.05) is 0 Å². The van der Waals surface area contributed by atoms with Crippen molar-refractivity contribution in [1.29, 1.82) is 0 Å². The van der Waals surface area contributed by atoms with Crippen molar-refractivity contribution < 1.29 is 31.5 Å². The lowest BCUT2D eigenvalue weighted by Crippen LogP contribution is -2.42. The van der Waals surface area contributed by atoms with Crippen molar-refractivity contribution in [2.75, 3.05) is 30.0 Å². The third kappa shape index (κ3) is 8.02. The van der Waals surface area contributed by atoms with Crippen LogP contribution in [-0.4, -0.2) is 55.1 Å². The number of benzene rings is 1. The fourth-order valence-electron chi connectivity index (χ4n) is 4.10. The minimum atomic E-state index is -4.33. The highest BCUT2D eigenvalue weighted by atomic mass is 32.2. The highest BCUT2D eigenvalue weighted by Gasteiger charge is 2.49. The van der Waals surface area contributed by atoms with Crippen molar-refractivity contribution >= 4 is 27.4 Å². The Hall–Kier alpha value is -3.45. The first-order valence-electron chi connectivity index (χ1n) is 12.4. The van der Waals surface area contributed by atoms with E-state index in [2.05, 4.69) is 25.9 Å². The van der Waals surface area contributed by atoms with Gasteiger partial charge in [-0.25, -0.2) is 23.2 Å². The molecule has 0 radical (unpaired) electrons. The van der Waals surface area contributed by atoms with Crippen LogP contribution in [0, 0.1) is 0 Å². The predicted molar refractivity (Wildman–Crippen MR) is 144 cm³/mol. The molecular formula is C26H32F3N5O4S. The molecular weight excluding hydrogens is 535 g/mol. The van der Waals surface area contributed by atoms with Gasteiger partial charge in [0.15, 0.2) is 15.7 Å². The summed E-state index contributed by atoms with van der Waals surface area (Å²) in [7, 11) is -3.45. The summed E-state index contributed by atoms with van der Waals surface area (Å²) < 4.78 is 61.4. The van der Waals surface area contributed by atoms with E-state index >= 15 is 0 Å². The fraction of sp³-hybridized carbons (Fsp3) is 0.423. The highest BCUT2D eigenvalue weighted by molar-refractivity contribution is 7.91.